The smallest absolute Gasteiger partial charge is 0.159 e. The number of rotatable bonds is 5. The third-order valence-electron chi connectivity index (χ3n) is 2.94. The Balaban J connectivity index is 2.34. The van der Waals surface area contributed by atoms with Crippen LogP contribution in [-0.2, 0) is 11.3 Å². The van der Waals surface area contributed by atoms with Gasteiger partial charge in [0.15, 0.2) is 11.6 Å². The van der Waals surface area contributed by atoms with E-state index in [1.54, 1.807) is 18.0 Å². The van der Waals surface area contributed by atoms with Crippen LogP contribution in [0.1, 0.15) is 17.3 Å². The molecule has 4 nitrogen and oxygen atoms in total. The van der Waals surface area contributed by atoms with Gasteiger partial charge in [-0.2, -0.15) is 5.10 Å². The number of benzene rings is 1. The zero-order valence-electron chi connectivity index (χ0n) is 10.8. The topological polar surface area (TPSA) is 53.1 Å². The van der Waals surface area contributed by atoms with E-state index in [9.17, 15) is 8.78 Å². The van der Waals surface area contributed by atoms with Gasteiger partial charge in [-0.15, -0.1) is 0 Å². The first-order valence-electron chi connectivity index (χ1n) is 5.95. The highest BCUT2D eigenvalue weighted by Gasteiger charge is 2.19. The fourth-order valence-corrected chi connectivity index (χ4v) is 2.44. The van der Waals surface area contributed by atoms with Crippen molar-refractivity contribution in [3.05, 3.63) is 51.8 Å². The van der Waals surface area contributed by atoms with Crippen molar-refractivity contribution in [1.82, 2.24) is 9.78 Å². The first-order valence-corrected chi connectivity index (χ1v) is 6.74. The third-order valence-corrected chi connectivity index (χ3v) is 3.55. The molecule has 0 radical (unpaired) electrons. The van der Waals surface area contributed by atoms with E-state index in [2.05, 4.69) is 21.0 Å². The SMILES string of the molecule is COCCn1ncc(Br)c1C(N)c1ccc(F)c(F)c1. The quantitative estimate of drug-likeness (QED) is 0.906. The number of halogens is 3. The summed E-state index contributed by atoms with van der Waals surface area (Å²) >= 11 is 3.37. The van der Waals surface area contributed by atoms with Gasteiger partial charge in [0.05, 0.1) is 35.6 Å². The van der Waals surface area contributed by atoms with Crippen LogP contribution in [0.15, 0.2) is 28.9 Å². The van der Waals surface area contributed by atoms with Gasteiger partial charge in [-0.25, -0.2) is 8.78 Å². The fourth-order valence-electron chi connectivity index (χ4n) is 1.90. The maximum Gasteiger partial charge on any atom is 0.159 e. The van der Waals surface area contributed by atoms with Crippen LogP contribution in [0.4, 0.5) is 8.78 Å². The monoisotopic (exact) mass is 345 g/mol. The number of hydrogen-bond donors (Lipinski definition) is 1. The number of ether oxygens (including phenoxy) is 1. The summed E-state index contributed by atoms with van der Waals surface area (Å²) in [6.45, 7) is 1.00. The second kappa shape index (κ2) is 6.43. The summed E-state index contributed by atoms with van der Waals surface area (Å²) in [4.78, 5) is 0. The van der Waals surface area contributed by atoms with E-state index in [0.29, 0.717) is 28.9 Å². The molecule has 0 aliphatic heterocycles. The minimum Gasteiger partial charge on any atom is -0.383 e. The molecule has 0 fully saturated rings. The van der Waals surface area contributed by atoms with Crippen LogP contribution in [-0.4, -0.2) is 23.5 Å². The van der Waals surface area contributed by atoms with Crippen molar-refractivity contribution in [3.8, 4) is 0 Å². The molecule has 1 aromatic carbocycles. The number of nitrogens with two attached hydrogens (primary N) is 1. The van der Waals surface area contributed by atoms with E-state index in [4.69, 9.17) is 10.5 Å². The number of hydrogen-bond acceptors (Lipinski definition) is 3. The maximum absolute atomic E-state index is 13.3. The lowest BCUT2D eigenvalue weighted by molar-refractivity contribution is 0.182. The highest BCUT2D eigenvalue weighted by molar-refractivity contribution is 9.10. The summed E-state index contributed by atoms with van der Waals surface area (Å²) in [7, 11) is 1.59. The Bertz CT molecular complexity index is 603. The Morgan fingerprint density at radius 1 is 1.40 bits per heavy atom. The van der Waals surface area contributed by atoms with Crippen LogP contribution in [0.3, 0.4) is 0 Å². The predicted octanol–water partition coefficient (Wildman–Crippen LogP) is 2.62. The lowest BCUT2D eigenvalue weighted by atomic mass is 10.0. The largest absolute Gasteiger partial charge is 0.383 e. The molecule has 1 heterocycles. The minimum atomic E-state index is -0.919. The van der Waals surface area contributed by atoms with E-state index >= 15 is 0 Å². The molecule has 0 saturated carbocycles. The Morgan fingerprint density at radius 2 is 2.15 bits per heavy atom. The zero-order valence-corrected chi connectivity index (χ0v) is 12.4. The van der Waals surface area contributed by atoms with Gasteiger partial charge >= 0.3 is 0 Å². The van der Waals surface area contributed by atoms with Crippen LogP contribution in [0, 0.1) is 11.6 Å². The van der Waals surface area contributed by atoms with Gasteiger partial charge in [0.25, 0.3) is 0 Å². The molecule has 0 saturated heterocycles. The second-order valence-electron chi connectivity index (χ2n) is 4.24. The molecule has 108 valence electrons. The molecule has 20 heavy (non-hydrogen) atoms. The van der Waals surface area contributed by atoms with Crippen molar-refractivity contribution in [2.45, 2.75) is 12.6 Å². The van der Waals surface area contributed by atoms with Crippen LogP contribution in [0.5, 0.6) is 0 Å². The summed E-state index contributed by atoms with van der Waals surface area (Å²) in [6, 6.07) is 3.01. The van der Waals surface area contributed by atoms with Gasteiger partial charge in [-0.3, -0.25) is 4.68 Å². The molecule has 2 N–H and O–H groups in total. The van der Waals surface area contributed by atoms with Crippen LogP contribution < -0.4 is 5.73 Å². The van der Waals surface area contributed by atoms with Crippen molar-refractivity contribution < 1.29 is 13.5 Å². The standard InChI is InChI=1S/C13H14BrF2N3O/c1-20-5-4-19-13(9(14)7-18-19)12(17)8-2-3-10(15)11(16)6-8/h2-3,6-7,12H,4-5,17H2,1H3. The number of nitrogens with zero attached hydrogens (tertiary/aromatic N) is 2. The second-order valence-corrected chi connectivity index (χ2v) is 5.10. The molecule has 1 unspecified atom stereocenters. The molecule has 0 spiro atoms. The summed E-state index contributed by atoms with van der Waals surface area (Å²) < 4.78 is 33.7. The van der Waals surface area contributed by atoms with E-state index in [1.165, 1.54) is 6.07 Å². The van der Waals surface area contributed by atoms with Crippen LogP contribution >= 0.6 is 15.9 Å². The average Bonchev–Trinajstić information content (AvgIpc) is 2.80. The van der Waals surface area contributed by atoms with Gasteiger partial charge in [0.2, 0.25) is 0 Å². The average molecular weight is 346 g/mol. The zero-order chi connectivity index (χ0) is 14.7. The predicted molar refractivity (Wildman–Crippen MR) is 74.2 cm³/mol. The van der Waals surface area contributed by atoms with E-state index < -0.39 is 17.7 Å². The van der Waals surface area contributed by atoms with Gasteiger partial charge in [0, 0.05) is 7.11 Å². The van der Waals surface area contributed by atoms with Crippen molar-refractivity contribution in [1.29, 1.82) is 0 Å². The van der Waals surface area contributed by atoms with E-state index in [-0.39, 0.29) is 0 Å². The molecule has 0 amide bonds. The molecule has 0 aliphatic carbocycles. The van der Waals surface area contributed by atoms with Crippen molar-refractivity contribution in [3.63, 3.8) is 0 Å². The summed E-state index contributed by atoms with van der Waals surface area (Å²) in [5.74, 6) is -1.81. The summed E-state index contributed by atoms with van der Waals surface area (Å²) in [6.07, 6.45) is 1.62. The van der Waals surface area contributed by atoms with Crippen molar-refractivity contribution in [2.75, 3.05) is 13.7 Å². The van der Waals surface area contributed by atoms with Crippen molar-refractivity contribution >= 4 is 15.9 Å². The Morgan fingerprint density at radius 3 is 2.80 bits per heavy atom. The van der Waals surface area contributed by atoms with Gasteiger partial charge < -0.3 is 10.5 Å². The lowest BCUT2D eigenvalue weighted by Gasteiger charge is -2.15. The number of methoxy groups -OCH3 is 1. The van der Waals surface area contributed by atoms with E-state index in [0.717, 1.165) is 12.1 Å². The first kappa shape index (κ1) is 15.1. The third kappa shape index (κ3) is 3.05. The molecule has 0 bridgehead atoms. The molecule has 7 heteroatoms. The van der Waals surface area contributed by atoms with Crippen LogP contribution in [0.25, 0.3) is 0 Å². The molecule has 1 atom stereocenters. The maximum atomic E-state index is 13.3. The van der Waals surface area contributed by atoms with Gasteiger partial charge in [-0.05, 0) is 33.6 Å². The molecule has 2 rings (SSSR count). The Hall–Kier alpha value is -1.31. The van der Waals surface area contributed by atoms with Crippen LogP contribution in [0.2, 0.25) is 0 Å². The number of aromatic nitrogens is 2. The first-order chi connectivity index (χ1) is 9.54. The molecule has 1 aromatic heterocycles. The van der Waals surface area contributed by atoms with E-state index in [1.807, 2.05) is 0 Å². The fraction of sp³-hybridized carbons (Fsp3) is 0.308. The summed E-state index contributed by atoms with van der Waals surface area (Å²) in [5.41, 5.74) is 7.30. The Labute approximate surface area is 123 Å². The lowest BCUT2D eigenvalue weighted by Crippen LogP contribution is -2.19. The molecule has 0 aliphatic rings. The minimum absolute atomic E-state index is 0.476. The van der Waals surface area contributed by atoms with Crippen molar-refractivity contribution in [2.24, 2.45) is 5.73 Å². The van der Waals surface area contributed by atoms with Gasteiger partial charge in [-0.1, -0.05) is 6.07 Å². The highest BCUT2D eigenvalue weighted by Crippen LogP contribution is 2.27. The summed E-state index contributed by atoms with van der Waals surface area (Å²) in [5, 5.41) is 4.18. The Kier molecular flexibility index (Phi) is 4.85. The molecule has 2 aromatic rings. The molecular formula is C13H14BrF2N3O. The highest BCUT2D eigenvalue weighted by atomic mass is 79.9. The normalized spacial score (nSPS) is 12.7. The molecular weight excluding hydrogens is 332 g/mol. The van der Waals surface area contributed by atoms with Gasteiger partial charge in [0.1, 0.15) is 0 Å².